The first-order chi connectivity index (χ1) is 14.5. The van der Waals surface area contributed by atoms with Gasteiger partial charge in [-0.25, -0.2) is 10.4 Å². The molecule has 0 saturated heterocycles. The lowest BCUT2D eigenvalue weighted by Crippen LogP contribution is -2.34. The van der Waals surface area contributed by atoms with Gasteiger partial charge in [-0.3, -0.25) is 14.2 Å². The lowest BCUT2D eigenvalue weighted by Gasteiger charge is -2.18. The number of benzene rings is 1. The van der Waals surface area contributed by atoms with Gasteiger partial charge in [0, 0.05) is 4.88 Å². The first-order valence-corrected chi connectivity index (χ1v) is 10.8. The van der Waals surface area contributed by atoms with Crippen molar-refractivity contribution in [3.63, 3.8) is 0 Å². The molecule has 2 atom stereocenters. The number of hydrazone groups is 1. The molecule has 0 fully saturated rings. The second kappa shape index (κ2) is 8.39. The van der Waals surface area contributed by atoms with Crippen molar-refractivity contribution in [3.8, 4) is 5.75 Å². The summed E-state index contributed by atoms with van der Waals surface area (Å²) in [5.41, 5.74) is 4.26. The third-order valence-electron chi connectivity index (χ3n) is 5.52. The number of amides is 1. The van der Waals surface area contributed by atoms with Crippen molar-refractivity contribution in [2.24, 2.45) is 11.0 Å². The molecule has 0 saturated carbocycles. The van der Waals surface area contributed by atoms with Crippen LogP contribution in [-0.4, -0.2) is 28.8 Å². The van der Waals surface area contributed by atoms with Crippen molar-refractivity contribution < 1.29 is 9.53 Å². The van der Waals surface area contributed by atoms with E-state index in [9.17, 15) is 9.59 Å². The van der Waals surface area contributed by atoms with Gasteiger partial charge >= 0.3 is 0 Å². The van der Waals surface area contributed by atoms with Crippen LogP contribution in [0.3, 0.4) is 0 Å². The summed E-state index contributed by atoms with van der Waals surface area (Å²) in [6.45, 7) is 3.91. The predicted molar refractivity (Wildman–Crippen MR) is 119 cm³/mol. The van der Waals surface area contributed by atoms with Gasteiger partial charge in [0.15, 0.2) is 0 Å². The van der Waals surface area contributed by atoms with Crippen LogP contribution in [0.2, 0.25) is 0 Å². The van der Waals surface area contributed by atoms with E-state index in [1.807, 2.05) is 24.3 Å². The summed E-state index contributed by atoms with van der Waals surface area (Å²) in [5, 5.41) is 4.68. The van der Waals surface area contributed by atoms with Crippen molar-refractivity contribution in [3.05, 3.63) is 57.0 Å². The number of fused-ring (bicyclic) bond motifs is 3. The lowest BCUT2D eigenvalue weighted by atomic mass is 9.89. The summed E-state index contributed by atoms with van der Waals surface area (Å²) < 4.78 is 6.56. The SMILES string of the molecule is COc1cccc(/C=N\NC(=O)C(C)n2cnc3sc4c(c3c2=O)CCC(C)C4)c1. The minimum atomic E-state index is -0.727. The number of carbonyl (C=O) groups excluding carboxylic acids is 1. The predicted octanol–water partition coefficient (Wildman–Crippen LogP) is 3.30. The molecule has 7 nitrogen and oxygen atoms in total. The normalized spacial score (nSPS) is 17.1. The van der Waals surface area contributed by atoms with Gasteiger partial charge in [0.2, 0.25) is 0 Å². The van der Waals surface area contributed by atoms with Crippen molar-refractivity contribution in [2.45, 2.75) is 39.2 Å². The van der Waals surface area contributed by atoms with Gasteiger partial charge in [0.25, 0.3) is 11.5 Å². The number of carbonyl (C=O) groups is 1. The summed E-state index contributed by atoms with van der Waals surface area (Å²) in [6, 6.07) is 6.60. The zero-order chi connectivity index (χ0) is 21.3. The van der Waals surface area contributed by atoms with Crippen LogP contribution in [-0.2, 0) is 17.6 Å². The second-order valence-corrected chi connectivity index (χ2v) is 8.76. The van der Waals surface area contributed by atoms with E-state index in [4.69, 9.17) is 4.74 Å². The Bertz CT molecular complexity index is 1180. The maximum absolute atomic E-state index is 13.2. The van der Waals surface area contributed by atoms with E-state index in [1.165, 1.54) is 22.0 Å². The maximum atomic E-state index is 13.2. The molecular weight excluding hydrogens is 400 g/mol. The second-order valence-electron chi connectivity index (χ2n) is 7.68. The smallest absolute Gasteiger partial charge is 0.263 e. The number of thiophene rings is 1. The van der Waals surface area contributed by atoms with Gasteiger partial charge < -0.3 is 4.74 Å². The number of aromatic nitrogens is 2. The molecule has 0 aliphatic heterocycles. The summed E-state index contributed by atoms with van der Waals surface area (Å²) in [6.07, 6.45) is 5.95. The third kappa shape index (κ3) is 3.87. The Morgan fingerprint density at radius 3 is 3.10 bits per heavy atom. The molecule has 8 heteroatoms. The van der Waals surface area contributed by atoms with Gasteiger partial charge in [0.05, 0.1) is 25.0 Å². The molecule has 0 spiro atoms. The van der Waals surface area contributed by atoms with Gasteiger partial charge in [-0.15, -0.1) is 11.3 Å². The summed E-state index contributed by atoms with van der Waals surface area (Å²) >= 11 is 1.60. The number of nitrogens with zero attached hydrogens (tertiary/aromatic N) is 3. The fourth-order valence-corrected chi connectivity index (χ4v) is 5.07. The third-order valence-corrected chi connectivity index (χ3v) is 6.68. The zero-order valence-electron chi connectivity index (χ0n) is 17.2. The molecule has 2 heterocycles. The quantitative estimate of drug-likeness (QED) is 0.503. The minimum absolute atomic E-state index is 0.161. The van der Waals surface area contributed by atoms with E-state index in [0.29, 0.717) is 17.1 Å². The van der Waals surface area contributed by atoms with Crippen LogP contribution in [0.1, 0.15) is 42.3 Å². The fourth-order valence-electron chi connectivity index (χ4n) is 3.73. The molecule has 1 amide bonds. The maximum Gasteiger partial charge on any atom is 0.263 e. The van der Waals surface area contributed by atoms with E-state index in [0.717, 1.165) is 35.2 Å². The highest BCUT2D eigenvalue weighted by Crippen LogP contribution is 2.35. The number of hydrogen-bond donors (Lipinski definition) is 1. The first-order valence-electron chi connectivity index (χ1n) is 9.96. The van der Waals surface area contributed by atoms with Gasteiger partial charge in [0.1, 0.15) is 16.6 Å². The Hall–Kier alpha value is -3.00. The average molecular weight is 425 g/mol. The number of nitrogens with one attached hydrogen (secondary N) is 1. The topological polar surface area (TPSA) is 85.6 Å². The monoisotopic (exact) mass is 424 g/mol. The zero-order valence-corrected chi connectivity index (χ0v) is 18.0. The minimum Gasteiger partial charge on any atom is -0.497 e. The molecule has 4 rings (SSSR count). The van der Waals surface area contributed by atoms with Crippen molar-refractivity contribution in [2.75, 3.05) is 7.11 Å². The molecule has 1 aromatic carbocycles. The van der Waals surface area contributed by atoms with Gasteiger partial charge in [-0.2, -0.15) is 5.10 Å². The van der Waals surface area contributed by atoms with E-state index < -0.39 is 6.04 Å². The first kappa shape index (κ1) is 20.3. The molecule has 1 N–H and O–H groups in total. The van der Waals surface area contributed by atoms with Crippen molar-refractivity contribution >= 4 is 33.7 Å². The molecule has 156 valence electrons. The Labute approximate surface area is 178 Å². The fraction of sp³-hybridized carbons (Fsp3) is 0.364. The van der Waals surface area contributed by atoms with E-state index >= 15 is 0 Å². The summed E-state index contributed by atoms with van der Waals surface area (Å²) in [5.74, 6) is 0.952. The Morgan fingerprint density at radius 2 is 2.30 bits per heavy atom. The van der Waals surface area contributed by atoms with Crippen LogP contribution in [0.4, 0.5) is 0 Å². The largest absolute Gasteiger partial charge is 0.497 e. The lowest BCUT2D eigenvalue weighted by molar-refractivity contribution is -0.123. The summed E-state index contributed by atoms with van der Waals surface area (Å²) in [7, 11) is 1.59. The number of methoxy groups -OCH3 is 1. The van der Waals surface area contributed by atoms with Crippen LogP contribution in [0, 0.1) is 5.92 Å². The van der Waals surface area contributed by atoms with E-state index in [2.05, 4.69) is 22.4 Å². The van der Waals surface area contributed by atoms with Crippen LogP contribution in [0.5, 0.6) is 5.75 Å². The highest BCUT2D eigenvalue weighted by atomic mass is 32.1. The van der Waals surface area contributed by atoms with E-state index in [1.54, 1.807) is 25.4 Å². The van der Waals surface area contributed by atoms with E-state index in [-0.39, 0.29) is 11.5 Å². The van der Waals surface area contributed by atoms with Crippen LogP contribution in [0.25, 0.3) is 10.2 Å². The molecule has 3 aromatic rings. The molecule has 30 heavy (non-hydrogen) atoms. The van der Waals surface area contributed by atoms with Crippen molar-refractivity contribution in [1.29, 1.82) is 0 Å². The highest BCUT2D eigenvalue weighted by molar-refractivity contribution is 7.18. The van der Waals surface area contributed by atoms with Crippen molar-refractivity contribution in [1.82, 2.24) is 15.0 Å². The molecule has 2 unspecified atom stereocenters. The number of aryl methyl sites for hydroxylation is 1. The average Bonchev–Trinajstić information content (AvgIpc) is 3.11. The molecule has 0 bridgehead atoms. The Morgan fingerprint density at radius 1 is 1.47 bits per heavy atom. The summed E-state index contributed by atoms with van der Waals surface area (Å²) in [4.78, 5) is 32.2. The molecule has 1 aliphatic rings. The molecule has 2 aromatic heterocycles. The Balaban J connectivity index is 1.54. The van der Waals surface area contributed by atoms with Gasteiger partial charge in [-0.05, 0) is 55.4 Å². The molecule has 1 aliphatic carbocycles. The van der Waals surface area contributed by atoms with Gasteiger partial charge in [-0.1, -0.05) is 19.1 Å². The highest BCUT2D eigenvalue weighted by Gasteiger charge is 2.25. The number of ether oxygens (including phenoxy) is 1. The van der Waals surface area contributed by atoms with Crippen LogP contribution in [0.15, 0.2) is 40.5 Å². The van der Waals surface area contributed by atoms with Crippen LogP contribution >= 0.6 is 11.3 Å². The number of rotatable bonds is 5. The number of hydrogen-bond acceptors (Lipinski definition) is 6. The Kier molecular flexibility index (Phi) is 5.67. The molecule has 0 radical (unpaired) electrons. The standard InChI is InChI=1S/C22H24N4O3S/c1-13-7-8-17-18(9-13)30-21-19(17)22(28)26(12-23-21)14(2)20(27)25-24-11-15-5-4-6-16(10-15)29-3/h4-6,10-14H,7-9H2,1-3H3,(H,25,27)/b24-11-. The molecular formula is C22H24N4O3S. The van der Waals surface area contributed by atoms with Crippen LogP contribution < -0.4 is 15.7 Å².